The van der Waals surface area contributed by atoms with Gasteiger partial charge in [0, 0.05) is 7.57 Å². The summed E-state index contributed by atoms with van der Waals surface area (Å²) in [6.45, 7) is 4.48. The Bertz CT molecular complexity index is 542. The first-order valence-corrected chi connectivity index (χ1v) is 6.53. The van der Waals surface area contributed by atoms with Crippen molar-refractivity contribution < 1.29 is 20.8 Å². The molecule has 0 bridgehead atoms. The maximum atomic E-state index is 12.2. The number of benzene rings is 1. The third-order valence-electron chi connectivity index (χ3n) is 2.58. The summed E-state index contributed by atoms with van der Waals surface area (Å²) in [4.78, 5) is 24.4. The molecule has 0 saturated carbocycles. The Kier molecular flexibility index (Phi) is 4.98. The van der Waals surface area contributed by atoms with Crippen LogP contribution in [-0.2, 0) is 9.53 Å². The maximum absolute atomic E-state index is 12.2. The van der Waals surface area contributed by atoms with E-state index in [1.165, 1.54) is 13.1 Å². The highest BCUT2D eigenvalue weighted by atomic mass is 16.6. The number of carbonyl (C=O) groups excluding carboxylic acids is 1. The number of nitrogens with zero attached hydrogens (tertiary/aromatic N) is 1. The van der Waals surface area contributed by atoms with Crippen LogP contribution in [0.25, 0.3) is 6.08 Å². The summed E-state index contributed by atoms with van der Waals surface area (Å²) < 4.78 is 12.5. The second-order valence-electron chi connectivity index (χ2n) is 5.28. The van der Waals surface area contributed by atoms with E-state index in [2.05, 4.69) is 0 Å². The molecule has 1 atom stereocenters. The SMILES string of the molecule is [2H]CC(C)(C)OC(=O)N(C=Cc1ccccc1)C(C)C(=O)O. The minimum Gasteiger partial charge on any atom is -0.480 e. The zero-order chi connectivity index (χ0) is 16.8. The van der Waals surface area contributed by atoms with Gasteiger partial charge in [0.05, 0.1) is 0 Å². The first kappa shape index (κ1) is 15.1. The number of carbonyl (C=O) groups is 2. The second kappa shape index (κ2) is 6.92. The van der Waals surface area contributed by atoms with Gasteiger partial charge in [-0.25, -0.2) is 9.59 Å². The normalized spacial score (nSPS) is 13.6. The molecule has 5 heteroatoms. The molecule has 0 aliphatic carbocycles. The molecular weight excluding hydrogens is 270 g/mol. The maximum Gasteiger partial charge on any atom is 0.415 e. The van der Waals surface area contributed by atoms with Gasteiger partial charge < -0.3 is 9.84 Å². The van der Waals surface area contributed by atoms with Crippen LogP contribution in [0.5, 0.6) is 0 Å². The summed E-state index contributed by atoms with van der Waals surface area (Å²) in [7, 11) is 0. The van der Waals surface area contributed by atoms with Gasteiger partial charge in [0.2, 0.25) is 0 Å². The average molecular weight is 292 g/mol. The molecule has 0 fully saturated rings. The number of aliphatic carboxylic acids is 1. The Morgan fingerprint density at radius 1 is 1.38 bits per heavy atom. The molecule has 1 aromatic carbocycles. The zero-order valence-corrected chi connectivity index (χ0v) is 12.4. The Hall–Kier alpha value is -2.30. The van der Waals surface area contributed by atoms with Crippen LogP contribution in [0.2, 0.25) is 0 Å². The van der Waals surface area contributed by atoms with Crippen LogP contribution in [-0.4, -0.2) is 33.7 Å². The van der Waals surface area contributed by atoms with Crippen molar-refractivity contribution in [3.63, 3.8) is 0 Å². The molecule has 114 valence electrons. The Morgan fingerprint density at radius 2 is 2.00 bits per heavy atom. The van der Waals surface area contributed by atoms with Crippen LogP contribution in [0.3, 0.4) is 0 Å². The fourth-order valence-electron chi connectivity index (χ4n) is 1.49. The number of carboxylic acid groups (broad SMARTS) is 1. The van der Waals surface area contributed by atoms with Crippen molar-refractivity contribution in [2.75, 3.05) is 0 Å². The summed E-state index contributed by atoms with van der Waals surface area (Å²) in [5.74, 6) is -1.14. The number of amides is 1. The van der Waals surface area contributed by atoms with Crippen LogP contribution in [0.15, 0.2) is 36.5 Å². The zero-order valence-electron chi connectivity index (χ0n) is 13.4. The van der Waals surface area contributed by atoms with E-state index in [0.29, 0.717) is 0 Å². The van der Waals surface area contributed by atoms with E-state index in [1.807, 2.05) is 30.3 Å². The molecule has 1 aromatic rings. The average Bonchev–Trinajstić information content (AvgIpc) is 2.47. The van der Waals surface area contributed by atoms with Crippen LogP contribution >= 0.6 is 0 Å². The van der Waals surface area contributed by atoms with Crippen molar-refractivity contribution in [3.8, 4) is 0 Å². The predicted octanol–water partition coefficient (Wildman–Crippen LogP) is 3.37. The van der Waals surface area contributed by atoms with Gasteiger partial charge in [-0.2, -0.15) is 0 Å². The molecule has 0 aliphatic rings. The minimum absolute atomic E-state index is 0.115. The first-order chi connectivity index (χ1) is 10.3. The monoisotopic (exact) mass is 292 g/mol. The molecular formula is C16H21NO4. The fourth-order valence-corrected chi connectivity index (χ4v) is 1.49. The first-order valence-electron chi connectivity index (χ1n) is 7.24. The molecule has 0 saturated heterocycles. The molecule has 1 unspecified atom stereocenters. The third kappa shape index (κ3) is 5.69. The van der Waals surface area contributed by atoms with Gasteiger partial charge in [0.1, 0.15) is 11.6 Å². The lowest BCUT2D eigenvalue weighted by molar-refractivity contribution is -0.141. The Morgan fingerprint density at radius 3 is 2.52 bits per heavy atom. The van der Waals surface area contributed by atoms with E-state index in [9.17, 15) is 9.59 Å². The summed E-state index contributed by atoms with van der Waals surface area (Å²) in [6, 6.07) is 8.13. The molecule has 0 heterocycles. The van der Waals surface area contributed by atoms with Gasteiger partial charge in [-0.1, -0.05) is 30.3 Å². The number of rotatable bonds is 4. The number of hydrogen-bond donors (Lipinski definition) is 1. The molecule has 1 rings (SSSR count). The van der Waals surface area contributed by atoms with Crippen molar-refractivity contribution in [3.05, 3.63) is 42.1 Å². The van der Waals surface area contributed by atoms with Crippen molar-refractivity contribution in [1.29, 1.82) is 0 Å². The van der Waals surface area contributed by atoms with Gasteiger partial charge in [0.25, 0.3) is 0 Å². The lowest BCUT2D eigenvalue weighted by Gasteiger charge is -2.27. The van der Waals surface area contributed by atoms with Gasteiger partial charge in [-0.05, 0) is 39.3 Å². The minimum atomic E-state index is -1.14. The Labute approximate surface area is 126 Å². The number of carboxylic acids is 1. The van der Waals surface area contributed by atoms with Gasteiger partial charge in [0.15, 0.2) is 0 Å². The predicted molar refractivity (Wildman–Crippen MR) is 80.6 cm³/mol. The summed E-state index contributed by atoms with van der Waals surface area (Å²) in [5, 5.41) is 9.13. The van der Waals surface area contributed by atoms with Gasteiger partial charge >= 0.3 is 12.1 Å². The van der Waals surface area contributed by atoms with Crippen LogP contribution in [0.4, 0.5) is 4.79 Å². The van der Waals surface area contributed by atoms with Crippen molar-refractivity contribution in [2.24, 2.45) is 0 Å². The summed E-state index contributed by atoms with van der Waals surface area (Å²) >= 11 is 0. The quantitative estimate of drug-likeness (QED) is 0.924. The van der Waals surface area contributed by atoms with E-state index in [1.54, 1.807) is 19.9 Å². The number of ether oxygens (including phenoxy) is 1. The van der Waals surface area contributed by atoms with Crippen molar-refractivity contribution >= 4 is 18.1 Å². The van der Waals surface area contributed by atoms with E-state index >= 15 is 0 Å². The summed E-state index contributed by atoms with van der Waals surface area (Å²) in [5.41, 5.74) is -0.147. The standard InChI is InChI=1S/C16H21NO4/c1-12(14(18)19)17(15(20)21-16(2,3)4)11-10-13-8-6-5-7-9-13/h5-12H,1-4H3,(H,18,19)/i2D. The molecule has 0 spiro atoms. The smallest absolute Gasteiger partial charge is 0.415 e. The lowest BCUT2D eigenvalue weighted by Crippen LogP contribution is -2.42. The van der Waals surface area contributed by atoms with E-state index < -0.39 is 23.7 Å². The van der Waals surface area contributed by atoms with Gasteiger partial charge in [-0.15, -0.1) is 0 Å². The van der Waals surface area contributed by atoms with E-state index in [0.717, 1.165) is 10.5 Å². The molecule has 0 aromatic heterocycles. The van der Waals surface area contributed by atoms with Crippen molar-refractivity contribution in [2.45, 2.75) is 39.3 Å². The van der Waals surface area contributed by atoms with Crippen LogP contribution in [0, 0.1) is 0 Å². The molecule has 5 nitrogen and oxygen atoms in total. The fraction of sp³-hybridized carbons (Fsp3) is 0.375. The largest absolute Gasteiger partial charge is 0.480 e. The van der Waals surface area contributed by atoms with Gasteiger partial charge in [-0.3, -0.25) is 4.90 Å². The molecule has 1 amide bonds. The van der Waals surface area contributed by atoms with Crippen molar-refractivity contribution in [1.82, 2.24) is 4.90 Å². The molecule has 0 radical (unpaired) electrons. The Balaban J connectivity index is 2.96. The van der Waals surface area contributed by atoms with Crippen LogP contribution in [0.1, 0.15) is 34.6 Å². The number of hydrogen-bond acceptors (Lipinski definition) is 3. The lowest BCUT2D eigenvalue weighted by atomic mass is 10.2. The van der Waals surface area contributed by atoms with E-state index in [-0.39, 0.29) is 6.90 Å². The topological polar surface area (TPSA) is 66.8 Å². The summed E-state index contributed by atoms with van der Waals surface area (Å²) in [6.07, 6.45) is 2.23. The molecule has 21 heavy (non-hydrogen) atoms. The molecule has 1 N–H and O–H groups in total. The highest BCUT2D eigenvalue weighted by Crippen LogP contribution is 2.14. The highest BCUT2D eigenvalue weighted by molar-refractivity contribution is 5.81. The molecule has 0 aliphatic heterocycles. The van der Waals surface area contributed by atoms with Crippen LogP contribution < -0.4 is 0 Å². The third-order valence-corrected chi connectivity index (χ3v) is 2.58. The second-order valence-corrected chi connectivity index (χ2v) is 5.28. The van der Waals surface area contributed by atoms with E-state index in [4.69, 9.17) is 11.2 Å². The highest BCUT2D eigenvalue weighted by Gasteiger charge is 2.28.